The van der Waals surface area contributed by atoms with Crippen LogP contribution in [-0.4, -0.2) is 42.0 Å². The number of aromatic nitrogens is 2. The van der Waals surface area contributed by atoms with Crippen molar-refractivity contribution in [3.63, 3.8) is 0 Å². The summed E-state index contributed by atoms with van der Waals surface area (Å²) < 4.78 is 22.4. The Balaban J connectivity index is 1.99. The van der Waals surface area contributed by atoms with Gasteiger partial charge in [-0.05, 0) is 6.42 Å². The summed E-state index contributed by atoms with van der Waals surface area (Å²) in [6.07, 6.45) is 1.41. The summed E-state index contributed by atoms with van der Waals surface area (Å²) in [6.45, 7) is 0. The quantitative estimate of drug-likeness (QED) is 0.517. The van der Waals surface area contributed by atoms with Crippen molar-refractivity contribution in [2.45, 2.75) is 12.5 Å². The van der Waals surface area contributed by atoms with Crippen molar-refractivity contribution < 1.29 is 13.2 Å². The molecule has 0 unspecified atom stereocenters. The third kappa shape index (κ3) is 3.44. The summed E-state index contributed by atoms with van der Waals surface area (Å²) in [4.78, 5) is 37.8. The van der Waals surface area contributed by atoms with Crippen LogP contribution in [0.25, 0.3) is 0 Å². The number of amides is 2. The molecule has 4 N–H and O–H groups in total. The Morgan fingerprint density at radius 1 is 1.37 bits per heavy atom. The van der Waals surface area contributed by atoms with Gasteiger partial charge in [-0.15, -0.1) is 0 Å². The highest BCUT2D eigenvalue weighted by atomic mass is 32.2. The minimum absolute atomic E-state index is 0.0389. The first-order valence-electron chi connectivity index (χ1n) is 5.46. The highest BCUT2D eigenvalue weighted by Crippen LogP contribution is 2.11. The van der Waals surface area contributed by atoms with E-state index in [1.165, 1.54) is 0 Å². The van der Waals surface area contributed by atoms with E-state index < -0.39 is 33.2 Å². The molecule has 1 aliphatic heterocycles. The maximum absolute atomic E-state index is 11.6. The molecule has 0 saturated carbocycles. The van der Waals surface area contributed by atoms with Gasteiger partial charge in [-0.1, -0.05) is 0 Å². The first-order valence-corrected chi connectivity index (χ1v) is 7.28. The molecule has 1 fully saturated rings. The molecule has 0 spiro atoms. The Hall–Kier alpha value is -2.10. The number of hydrogen-bond donors (Lipinski definition) is 4. The number of urea groups is 1. The van der Waals surface area contributed by atoms with Crippen LogP contribution in [-0.2, 0) is 9.84 Å². The van der Waals surface area contributed by atoms with Crippen LogP contribution in [0, 0.1) is 0 Å². The number of nitrogens with one attached hydrogen (secondary N) is 4. The highest BCUT2D eigenvalue weighted by Gasteiger charge is 2.28. The van der Waals surface area contributed by atoms with Crippen LogP contribution in [0.1, 0.15) is 6.42 Å². The molecule has 1 atom stereocenters. The molecule has 10 heteroatoms. The maximum Gasteiger partial charge on any atom is 0.325 e. The van der Waals surface area contributed by atoms with E-state index in [-0.39, 0.29) is 17.2 Å². The number of carbonyl (C=O) groups is 1. The van der Waals surface area contributed by atoms with Gasteiger partial charge in [-0.25, -0.2) is 18.0 Å². The molecule has 1 aromatic heterocycles. The summed E-state index contributed by atoms with van der Waals surface area (Å²) in [6, 6.07) is -1.16. The van der Waals surface area contributed by atoms with E-state index in [0.717, 1.165) is 6.20 Å². The van der Waals surface area contributed by atoms with Gasteiger partial charge < -0.3 is 15.6 Å². The molecule has 1 aliphatic rings. The fourth-order valence-corrected chi connectivity index (χ4v) is 3.43. The maximum atomic E-state index is 11.6. The lowest BCUT2D eigenvalue weighted by atomic mass is 10.3. The molecule has 9 nitrogen and oxygen atoms in total. The van der Waals surface area contributed by atoms with E-state index >= 15 is 0 Å². The third-order valence-electron chi connectivity index (χ3n) is 2.64. The predicted molar refractivity (Wildman–Crippen MR) is 66.9 cm³/mol. The van der Waals surface area contributed by atoms with Crippen molar-refractivity contribution in [2.24, 2.45) is 0 Å². The van der Waals surface area contributed by atoms with Crippen LogP contribution >= 0.6 is 0 Å². The molecule has 1 saturated heterocycles. The molecule has 104 valence electrons. The number of hydrogen-bond acceptors (Lipinski definition) is 5. The van der Waals surface area contributed by atoms with Gasteiger partial charge in [-0.3, -0.25) is 9.78 Å². The van der Waals surface area contributed by atoms with Crippen molar-refractivity contribution >= 4 is 21.6 Å². The topological polar surface area (TPSA) is 141 Å². The summed E-state index contributed by atoms with van der Waals surface area (Å²) in [5.74, 6) is -0.0699. The Kier molecular flexibility index (Phi) is 3.42. The van der Waals surface area contributed by atoms with Gasteiger partial charge in [-0.2, -0.15) is 0 Å². The zero-order valence-corrected chi connectivity index (χ0v) is 10.5. The van der Waals surface area contributed by atoms with E-state index in [1.54, 1.807) is 0 Å². The highest BCUT2D eigenvalue weighted by molar-refractivity contribution is 7.91. The Labute approximate surface area is 107 Å². The molecule has 19 heavy (non-hydrogen) atoms. The lowest BCUT2D eigenvalue weighted by Crippen LogP contribution is -2.40. The summed E-state index contributed by atoms with van der Waals surface area (Å²) in [5.41, 5.74) is -1.55. The summed E-state index contributed by atoms with van der Waals surface area (Å²) >= 11 is 0. The molecular weight excluding hydrogens is 276 g/mol. The molecule has 0 aromatic carbocycles. The molecule has 0 aliphatic carbocycles. The van der Waals surface area contributed by atoms with Gasteiger partial charge in [0, 0.05) is 12.2 Å². The van der Waals surface area contributed by atoms with Crippen molar-refractivity contribution in [1.29, 1.82) is 0 Å². The first-order chi connectivity index (χ1) is 8.85. The van der Waals surface area contributed by atoms with E-state index in [4.69, 9.17) is 0 Å². The van der Waals surface area contributed by atoms with Crippen molar-refractivity contribution in [1.82, 2.24) is 15.3 Å². The van der Waals surface area contributed by atoms with Gasteiger partial charge in [0.2, 0.25) is 0 Å². The van der Waals surface area contributed by atoms with E-state index in [2.05, 4.69) is 15.6 Å². The largest absolute Gasteiger partial charge is 0.334 e. The van der Waals surface area contributed by atoms with Crippen LogP contribution in [0.15, 0.2) is 15.8 Å². The van der Waals surface area contributed by atoms with Crippen LogP contribution in [0.2, 0.25) is 0 Å². The average Bonchev–Trinajstić information content (AvgIpc) is 2.62. The molecule has 2 heterocycles. The summed E-state index contributed by atoms with van der Waals surface area (Å²) in [7, 11) is -3.09. The number of carbonyl (C=O) groups excluding carboxylic acids is 1. The zero-order chi connectivity index (χ0) is 14.0. The van der Waals surface area contributed by atoms with Crippen molar-refractivity contribution in [3.05, 3.63) is 27.0 Å². The normalized spacial score (nSPS) is 20.9. The third-order valence-corrected chi connectivity index (χ3v) is 4.40. The number of H-pyrrole nitrogens is 2. The van der Waals surface area contributed by atoms with Crippen molar-refractivity contribution in [2.75, 3.05) is 16.8 Å². The smallest absolute Gasteiger partial charge is 0.325 e. The minimum atomic E-state index is -3.09. The minimum Gasteiger partial charge on any atom is -0.334 e. The number of rotatable bonds is 2. The molecular formula is C9H12N4O5S. The van der Waals surface area contributed by atoms with E-state index in [9.17, 15) is 22.8 Å². The van der Waals surface area contributed by atoms with Gasteiger partial charge in [0.1, 0.15) is 5.69 Å². The van der Waals surface area contributed by atoms with Crippen molar-refractivity contribution in [3.8, 4) is 0 Å². The van der Waals surface area contributed by atoms with Crippen LogP contribution in [0.5, 0.6) is 0 Å². The second-order valence-electron chi connectivity index (χ2n) is 4.18. The monoisotopic (exact) mass is 288 g/mol. The van der Waals surface area contributed by atoms with Gasteiger partial charge in [0.15, 0.2) is 9.84 Å². The number of sulfone groups is 1. The Bertz CT molecular complexity index is 704. The first kappa shape index (κ1) is 13.3. The second-order valence-corrected chi connectivity index (χ2v) is 6.41. The SMILES string of the molecule is O=C(Nc1c[nH]c(=O)[nH]c1=O)N[C@H]1CCS(=O)(=O)C1. The average molecular weight is 288 g/mol. The zero-order valence-electron chi connectivity index (χ0n) is 9.73. The fraction of sp³-hybridized carbons (Fsp3) is 0.444. The van der Waals surface area contributed by atoms with Gasteiger partial charge in [0.25, 0.3) is 5.56 Å². The lowest BCUT2D eigenvalue weighted by Gasteiger charge is -2.11. The van der Waals surface area contributed by atoms with Crippen LogP contribution in [0.3, 0.4) is 0 Å². The molecule has 1 aromatic rings. The predicted octanol–water partition coefficient (Wildman–Crippen LogP) is -1.63. The number of aromatic amines is 2. The van der Waals surface area contributed by atoms with Gasteiger partial charge in [0.05, 0.1) is 11.5 Å². The van der Waals surface area contributed by atoms with Crippen LogP contribution < -0.4 is 21.9 Å². The lowest BCUT2D eigenvalue weighted by molar-refractivity contribution is 0.249. The Morgan fingerprint density at radius 3 is 2.68 bits per heavy atom. The second kappa shape index (κ2) is 4.88. The molecule has 2 rings (SSSR count). The van der Waals surface area contributed by atoms with E-state index in [0.29, 0.717) is 6.42 Å². The number of anilines is 1. The van der Waals surface area contributed by atoms with E-state index in [1.807, 2.05) is 4.98 Å². The Morgan fingerprint density at radius 2 is 2.11 bits per heavy atom. The molecule has 0 radical (unpaired) electrons. The fourth-order valence-electron chi connectivity index (χ4n) is 1.76. The standard InChI is InChI=1S/C9H12N4O5S/c14-7-6(3-10-8(15)13-7)12-9(16)11-5-1-2-19(17,18)4-5/h3,5H,1-2,4H2,(H2,11,12,16)(H2,10,13,14,15)/t5-/m0/s1. The van der Waals surface area contributed by atoms with Crippen LogP contribution in [0.4, 0.5) is 10.5 Å². The molecule has 2 amide bonds. The summed E-state index contributed by atoms with van der Waals surface area (Å²) in [5, 5.41) is 4.68. The van der Waals surface area contributed by atoms with Gasteiger partial charge >= 0.3 is 11.7 Å². The molecule has 0 bridgehead atoms.